The Bertz CT molecular complexity index is 311. The third-order valence-corrected chi connectivity index (χ3v) is 4.27. The van der Waals surface area contributed by atoms with Gasteiger partial charge in [-0.25, -0.2) is 8.42 Å². The Hall–Kier alpha value is -0.290. The highest BCUT2D eigenvalue weighted by Crippen LogP contribution is 2.28. The summed E-state index contributed by atoms with van der Waals surface area (Å²) in [5.41, 5.74) is 0. The number of hydrogen-bond donors (Lipinski definition) is 0. The molecule has 0 radical (unpaired) electrons. The molecule has 6 heteroatoms. The van der Waals surface area contributed by atoms with Gasteiger partial charge in [0, 0.05) is 17.6 Å². The molecule has 0 amide bonds. The first-order valence-corrected chi connectivity index (χ1v) is 6.89. The van der Waals surface area contributed by atoms with Gasteiger partial charge in [0.2, 0.25) is 9.05 Å². The highest BCUT2D eigenvalue weighted by atomic mass is 35.7. The Balaban J connectivity index is 2.74. The van der Waals surface area contributed by atoms with E-state index in [9.17, 15) is 13.2 Å². The van der Waals surface area contributed by atoms with Gasteiger partial charge < -0.3 is 4.74 Å². The van der Waals surface area contributed by atoms with Gasteiger partial charge in [-0.3, -0.25) is 4.79 Å². The van der Waals surface area contributed by atoms with Gasteiger partial charge in [-0.2, -0.15) is 0 Å². The van der Waals surface area contributed by atoms with Crippen LogP contribution in [-0.2, 0) is 18.6 Å². The van der Waals surface area contributed by atoms with Gasteiger partial charge in [-0.1, -0.05) is 6.42 Å². The fourth-order valence-electron chi connectivity index (χ4n) is 1.73. The minimum Gasteiger partial charge on any atom is -0.461 e. The smallest absolute Gasteiger partial charge is 0.302 e. The topological polar surface area (TPSA) is 60.4 Å². The first kappa shape index (κ1) is 11.8. The lowest BCUT2D eigenvalue weighted by Gasteiger charge is -2.28. The lowest BCUT2D eigenvalue weighted by molar-refractivity contribution is -0.147. The average molecular weight is 241 g/mol. The van der Waals surface area contributed by atoms with E-state index in [1.165, 1.54) is 6.92 Å². The second-order valence-corrected chi connectivity index (χ2v) is 6.29. The van der Waals surface area contributed by atoms with Crippen molar-refractivity contribution in [1.82, 2.24) is 0 Å². The van der Waals surface area contributed by atoms with E-state index in [1.807, 2.05) is 0 Å². The van der Waals surface area contributed by atoms with E-state index >= 15 is 0 Å². The molecule has 0 heterocycles. The van der Waals surface area contributed by atoms with Crippen molar-refractivity contribution in [3.63, 3.8) is 0 Å². The van der Waals surface area contributed by atoms with Crippen molar-refractivity contribution in [3.8, 4) is 0 Å². The Morgan fingerprint density at radius 1 is 1.36 bits per heavy atom. The molecule has 0 bridgehead atoms. The molecule has 0 aromatic carbocycles. The van der Waals surface area contributed by atoms with Gasteiger partial charge in [0.05, 0.1) is 0 Å². The molecule has 1 fully saturated rings. The molecule has 0 unspecified atom stereocenters. The molecule has 0 aromatic heterocycles. The van der Waals surface area contributed by atoms with E-state index in [4.69, 9.17) is 15.4 Å². The molecule has 0 spiro atoms. The summed E-state index contributed by atoms with van der Waals surface area (Å²) in [6.07, 6.45) is 2.18. The predicted molar refractivity (Wildman–Crippen MR) is 52.6 cm³/mol. The third kappa shape index (κ3) is 3.13. The molecule has 14 heavy (non-hydrogen) atoms. The summed E-state index contributed by atoms with van der Waals surface area (Å²) < 4.78 is 27.2. The Morgan fingerprint density at radius 3 is 2.43 bits per heavy atom. The summed E-state index contributed by atoms with van der Waals surface area (Å²) in [6, 6.07) is 0. The van der Waals surface area contributed by atoms with Crippen molar-refractivity contribution in [1.29, 1.82) is 0 Å². The van der Waals surface area contributed by atoms with Crippen molar-refractivity contribution >= 4 is 25.7 Å². The minimum atomic E-state index is -3.63. The molecule has 0 aromatic rings. The first-order valence-electron chi connectivity index (χ1n) is 4.52. The highest BCUT2D eigenvalue weighted by molar-refractivity contribution is 8.14. The van der Waals surface area contributed by atoms with E-state index in [2.05, 4.69) is 0 Å². The summed E-state index contributed by atoms with van der Waals surface area (Å²) in [5.74, 6) is -0.456. The average Bonchev–Trinajstić information content (AvgIpc) is 2.01. The molecule has 1 rings (SSSR count). The van der Waals surface area contributed by atoms with Crippen LogP contribution in [0.4, 0.5) is 0 Å². The van der Waals surface area contributed by atoms with Crippen LogP contribution < -0.4 is 0 Å². The summed E-state index contributed by atoms with van der Waals surface area (Å²) >= 11 is 0. The summed E-state index contributed by atoms with van der Waals surface area (Å²) in [4.78, 5) is 10.7. The van der Waals surface area contributed by atoms with E-state index in [1.54, 1.807) is 0 Å². The zero-order chi connectivity index (χ0) is 10.8. The lowest BCUT2D eigenvalue weighted by Crippen LogP contribution is -2.37. The highest BCUT2D eigenvalue weighted by Gasteiger charge is 2.36. The number of carbonyl (C=O) groups is 1. The molecule has 82 valence electrons. The fourth-order valence-corrected chi connectivity index (χ4v) is 3.35. The molecular weight excluding hydrogens is 228 g/mol. The monoisotopic (exact) mass is 240 g/mol. The molecule has 4 nitrogen and oxygen atoms in total. The summed E-state index contributed by atoms with van der Waals surface area (Å²) in [5, 5.41) is -0.734. The molecular formula is C8H13ClO4S. The Labute approximate surface area is 88.0 Å². The Kier molecular flexibility index (Phi) is 3.78. The van der Waals surface area contributed by atoms with Crippen LogP contribution in [0, 0.1) is 0 Å². The number of ether oxygens (including phenoxy) is 1. The number of carbonyl (C=O) groups excluding carboxylic acids is 1. The van der Waals surface area contributed by atoms with Crippen LogP contribution in [-0.4, -0.2) is 25.7 Å². The lowest BCUT2D eigenvalue weighted by atomic mass is 9.97. The van der Waals surface area contributed by atoms with Crippen molar-refractivity contribution in [2.24, 2.45) is 0 Å². The van der Waals surface area contributed by atoms with E-state index in [-0.39, 0.29) is 0 Å². The Morgan fingerprint density at radius 2 is 1.93 bits per heavy atom. The summed E-state index contributed by atoms with van der Waals surface area (Å²) in [6.45, 7) is 1.27. The number of hydrogen-bond acceptors (Lipinski definition) is 4. The van der Waals surface area contributed by atoms with Crippen LogP contribution >= 0.6 is 10.7 Å². The van der Waals surface area contributed by atoms with Gasteiger partial charge in [0.25, 0.3) is 0 Å². The van der Waals surface area contributed by atoms with Crippen LogP contribution in [0.15, 0.2) is 0 Å². The molecule has 1 saturated carbocycles. The normalized spacial score (nSPS) is 28.4. The van der Waals surface area contributed by atoms with Crippen LogP contribution in [0.5, 0.6) is 0 Å². The van der Waals surface area contributed by atoms with Gasteiger partial charge in [-0.15, -0.1) is 0 Å². The maximum atomic E-state index is 11.2. The van der Waals surface area contributed by atoms with E-state index < -0.39 is 26.4 Å². The van der Waals surface area contributed by atoms with E-state index in [0.29, 0.717) is 12.8 Å². The van der Waals surface area contributed by atoms with Crippen LogP contribution in [0.25, 0.3) is 0 Å². The maximum Gasteiger partial charge on any atom is 0.302 e. The second-order valence-electron chi connectivity index (χ2n) is 3.45. The minimum absolute atomic E-state index is 0.456. The summed E-state index contributed by atoms with van der Waals surface area (Å²) in [7, 11) is 1.65. The molecule has 0 saturated heterocycles. The van der Waals surface area contributed by atoms with Crippen LogP contribution in [0.2, 0.25) is 0 Å². The van der Waals surface area contributed by atoms with Crippen LogP contribution in [0.3, 0.4) is 0 Å². The van der Waals surface area contributed by atoms with Gasteiger partial charge in [0.1, 0.15) is 11.4 Å². The number of halogens is 1. The maximum absolute atomic E-state index is 11.2. The second kappa shape index (κ2) is 4.49. The van der Waals surface area contributed by atoms with Crippen molar-refractivity contribution in [2.45, 2.75) is 44.0 Å². The van der Waals surface area contributed by atoms with E-state index in [0.717, 1.165) is 12.8 Å². The number of rotatable bonds is 2. The largest absolute Gasteiger partial charge is 0.461 e. The molecule has 2 atom stereocenters. The fraction of sp³-hybridized carbons (Fsp3) is 0.875. The van der Waals surface area contributed by atoms with Crippen LogP contribution in [0.1, 0.15) is 32.6 Å². The molecule has 1 aliphatic carbocycles. The standard InChI is InChI=1S/C8H13ClO4S/c1-6(10)13-7-4-2-3-5-8(7)14(9,11)12/h7-8H,2-5H2,1H3/t7-,8+/m1/s1. The molecule has 0 N–H and O–H groups in total. The quantitative estimate of drug-likeness (QED) is 0.541. The van der Waals surface area contributed by atoms with Crippen molar-refractivity contribution in [2.75, 3.05) is 0 Å². The zero-order valence-electron chi connectivity index (χ0n) is 7.90. The molecule has 1 aliphatic rings. The zero-order valence-corrected chi connectivity index (χ0v) is 9.47. The van der Waals surface area contributed by atoms with Crippen molar-refractivity contribution in [3.05, 3.63) is 0 Å². The first-order chi connectivity index (χ1) is 6.41. The van der Waals surface area contributed by atoms with Gasteiger partial charge >= 0.3 is 5.97 Å². The predicted octanol–water partition coefficient (Wildman–Crippen LogP) is 1.43. The third-order valence-electron chi connectivity index (χ3n) is 2.32. The SMILES string of the molecule is CC(=O)O[C@@H]1CCCC[C@@H]1S(=O)(=O)Cl. The van der Waals surface area contributed by atoms with Crippen molar-refractivity contribution < 1.29 is 17.9 Å². The van der Waals surface area contributed by atoms with Gasteiger partial charge in [0.15, 0.2) is 0 Å². The molecule has 0 aliphatic heterocycles. The number of esters is 1. The van der Waals surface area contributed by atoms with Gasteiger partial charge in [-0.05, 0) is 19.3 Å².